The third-order valence-electron chi connectivity index (χ3n) is 6.99. The Labute approximate surface area is 211 Å². The zero-order valence-electron chi connectivity index (χ0n) is 20.1. The van der Waals surface area contributed by atoms with Crippen LogP contribution in [0.25, 0.3) is 0 Å². The van der Waals surface area contributed by atoms with Gasteiger partial charge in [0.15, 0.2) is 5.11 Å². The molecule has 0 radical (unpaired) electrons. The second kappa shape index (κ2) is 10.1. The van der Waals surface area contributed by atoms with Gasteiger partial charge < -0.3 is 24.8 Å². The molecule has 1 saturated carbocycles. The number of carbonyl (C=O) groups excluding carboxylic acids is 1. The van der Waals surface area contributed by atoms with Crippen LogP contribution in [0.15, 0.2) is 60.9 Å². The number of nitrogens with one attached hydrogen (secondary N) is 2. The number of carbonyl (C=O) groups is 1. The van der Waals surface area contributed by atoms with E-state index in [4.69, 9.17) is 17.0 Å². The number of amides is 1. The maximum absolute atomic E-state index is 12.0. The molecule has 182 valence electrons. The van der Waals surface area contributed by atoms with E-state index in [9.17, 15) is 4.79 Å². The van der Waals surface area contributed by atoms with E-state index in [2.05, 4.69) is 43.4 Å². The molecule has 7 nitrogen and oxygen atoms in total. The van der Waals surface area contributed by atoms with Crippen molar-refractivity contribution in [3.05, 3.63) is 72.3 Å². The van der Waals surface area contributed by atoms with Gasteiger partial charge in [-0.15, -0.1) is 0 Å². The van der Waals surface area contributed by atoms with Gasteiger partial charge in [0.2, 0.25) is 5.91 Å². The number of thiocarbonyl (C=S) groups is 1. The minimum Gasteiger partial charge on any atom is -0.494 e. The quantitative estimate of drug-likeness (QED) is 0.425. The van der Waals surface area contributed by atoms with Crippen LogP contribution in [0, 0.1) is 0 Å². The fourth-order valence-corrected chi connectivity index (χ4v) is 5.62. The number of aromatic nitrogens is 2. The molecular formula is C27H31N5O2S. The Kier molecular flexibility index (Phi) is 6.72. The number of anilines is 2. The lowest BCUT2D eigenvalue weighted by atomic mass is 10.00. The summed E-state index contributed by atoms with van der Waals surface area (Å²) >= 11 is 5.90. The smallest absolute Gasteiger partial charge is 0.224 e. The molecule has 3 heterocycles. The monoisotopic (exact) mass is 489 g/mol. The molecule has 1 aromatic carbocycles. The van der Waals surface area contributed by atoms with Crippen LogP contribution in [0.3, 0.4) is 0 Å². The van der Waals surface area contributed by atoms with Crippen LogP contribution >= 0.6 is 12.2 Å². The summed E-state index contributed by atoms with van der Waals surface area (Å²) < 4.78 is 8.08. The molecule has 1 aliphatic heterocycles. The average Bonchev–Trinajstić information content (AvgIpc) is 3.64. The van der Waals surface area contributed by atoms with Crippen LogP contribution in [0.5, 0.6) is 5.75 Å². The standard InChI is InChI=1S/C27H31N5O2S/c1-3-24(33)29-20-14-13-19(17-23(20)34-2)32-26(22-12-8-16-31(22)18-9-4-5-10-18)25(30-27(32)35)21-11-6-7-15-28-21/h6-8,11-18,25-26H,3-5,9-10H2,1-2H3,(H,29,33)(H,30,35)/t25-,26-/m0/s1. The number of hydrogen-bond acceptors (Lipinski definition) is 4. The van der Waals surface area contributed by atoms with E-state index in [0.717, 1.165) is 11.4 Å². The van der Waals surface area contributed by atoms with Gasteiger partial charge in [-0.05, 0) is 61.5 Å². The molecule has 1 aliphatic carbocycles. The molecule has 2 N–H and O–H groups in total. The molecule has 0 bridgehead atoms. The maximum atomic E-state index is 12.0. The molecule has 1 saturated heterocycles. The SMILES string of the molecule is CCC(=O)Nc1ccc(N2C(=S)N[C@@H](c3ccccn3)[C@@H]2c2cccn2C2CCCC2)cc1OC. The predicted molar refractivity (Wildman–Crippen MR) is 142 cm³/mol. The van der Waals surface area contributed by atoms with Crippen molar-refractivity contribution in [3.8, 4) is 5.75 Å². The number of nitrogens with zero attached hydrogens (tertiary/aromatic N) is 3. The average molecular weight is 490 g/mol. The highest BCUT2D eigenvalue weighted by molar-refractivity contribution is 7.80. The first-order valence-electron chi connectivity index (χ1n) is 12.3. The fraction of sp³-hybridized carbons (Fsp3) is 0.370. The summed E-state index contributed by atoms with van der Waals surface area (Å²) in [6.45, 7) is 1.83. The van der Waals surface area contributed by atoms with Crippen molar-refractivity contribution >= 4 is 34.6 Å². The van der Waals surface area contributed by atoms with Gasteiger partial charge in [0.1, 0.15) is 11.8 Å². The summed E-state index contributed by atoms with van der Waals surface area (Å²) in [4.78, 5) is 18.8. The summed E-state index contributed by atoms with van der Waals surface area (Å²) in [6.07, 6.45) is 9.34. The zero-order chi connectivity index (χ0) is 24.4. The first kappa shape index (κ1) is 23.4. The summed E-state index contributed by atoms with van der Waals surface area (Å²) in [5, 5.41) is 7.09. The van der Waals surface area contributed by atoms with Crippen molar-refractivity contribution in [2.75, 3.05) is 17.3 Å². The van der Waals surface area contributed by atoms with Gasteiger partial charge in [0.25, 0.3) is 0 Å². The van der Waals surface area contributed by atoms with Crippen LogP contribution in [-0.2, 0) is 4.79 Å². The molecule has 8 heteroatoms. The van der Waals surface area contributed by atoms with Crippen molar-refractivity contribution in [2.45, 2.75) is 57.2 Å². The largest absolute Gasteiger partial charge is 0.494 e. The number of benzene rings is 1. The van der Waals surface area contributed by atoms with Gasteiger partial charge in [-0.1, -0.05) is 25.8 Å². The van der Waals surface area contributed by atoms with Crippen molar-refractivity contribution < 1.29 is 9.53 Å². The van der Waals surface area contributed by atoms with E-state index in [1.54, 1.807) is 7.11 Å². The third kappa shape index (κ3) is 4.50. The fourth-order valence-electron chi connectivity index (χ4n) is 5.28. The topological polar surface area (TPSA) is 71.4 Å². The summed E-state index contributed by atoms with van der Waals surface area (Å²) in [5.41, 5.74) is 3.70. The highest BCUT2D eigenvalue weighted by Gasteiger charge is 2.42. The Morgan fingerprint density at radius 2 is 2.03 bits per heavy atom. The molecular weight excluding hydrogens is 458 g/mol. The Balaban J connectivity index is 1.59. The van der Waals surface area contributed by atoms with Gasteiger partial charge in [-0.2, -0.15) is 0 Å². The van der Waals surface area contributed by atoms with Gasteiger partial charge in [-0.25, -0.2) is 0 Å². The molecule has 5 rings (SSSR count). The lowest BCUT2D eigenvalue weighted by Gasteiger charge is -2.30. The number of ether oxygens (including phenoxy) is 1. The van der Waals surface area contributed by atoms with Crippen LogP contribution in [0.4, 0.5) is 11.4 Å². The number of methoxy groups -OCH3 is 1. The molecule has 2 fully saturated rings. The van der Waals surface area contributed by atoms with Gasteiger partial charge in [-0.3, -0.25) is 9.78 Å². The van der Waals surface area contributed by atoms with Gasteiger partial charge in [0, 0.05) is 42.3 Å². The van der Waals surface area contributed by atoms with E-state index >= 15 is 0 Å². The van der Waals surface area contributed by atoms with Crippen molar-refractivity contribution in [3.63, 3.8) is 0 Å². The molecule has 0 unspecified atom stereocenters. The highest BCUT2D eigenvalue weighted by atomic mass is 32.1. The van der Waals surface area contributed by atoms with Crippen LogP contribution < -0.4 is 20.3 Å². The first-order valence-corrected chi connectivity index (χ1v) is 12.7. The molecule has 2 aliphatic rings. The van der Waals surface area contributed by atoms with E-state index in [1.165, 1.54) is 31.4 Å². The molecule has 2 atom stereocenters. The van der Waals surface area contributed by atoms with Crippen molar-refractivity contribution in [2.24, 2.45) is 0 Å². The zero-order valence-corrected chi connectivity index (χ0v) is 20.9. The normalized spacial score (nSPS) is 20.2. The molecule has 3 aromatic rings. The lowest BCUT2D eigenvalue weighted by molar-refractivity contribution is -0.115. The van der Waals surface area contributed by atoms with E-state index in [-0.39, 0.29) is 18.0 Å². The summed E-state index contributed by atoms with van der Waals surface area (Å²) in [5.74, 6) is 0.537. The Morgan fingerprint density at radius 1 is 1.20 bits per heavy atom. The van der Waals surface area contributed by atoms with Crippen molar-refractivity contribution in [1.82, 2.24) is 14.9 Å². The molecule has 0 spiro atoms. The van der Waals surface area contributed by atoms with E-state index < -0.39 is 0 Å². The third-order valence-corrected chi connectivity index (χ3v) is 7.30. The summed E-state index contributed by atoms with van der Waals surface area (Å²) in [7, 11) is 1.61. The molecule has 2 aromatic heterocycles. The first-order chi connectivity index (χ1) is 17.1. The number of rotatable bonds is 7. The second-order valence-electron chi connectivity index (χ2n) is 9.06. The molecule has 35 heavy (non-hydrogen) atoms. The van der Waals surface area contributed by atoms with Crippen LogP contribution in [0.2, 0.25) is 0 Å². The predicted octanol–water partition coefficient (Wildman–Crippen LogP) is 5.53. The summed E-state index contributed by atoms with van der Waals surface area (Å²) in [6, 6.07) is 16.4. The van der Waals surface area contributed by atoms with Gasteiger partial charge in [0.05, 0.1) is 24.5 Å². The highest BCUT2D eigenvalue weighted by Crippen LogP contribution is 2.45. The minimum atomic E-state index is -0.107. The van der Waals surface area contributed by atoms with Crippen molar-refractivity contribution in [1.29, 1.82) is 0 Å². The van der Waals surface area contributed by atoms with E-state index in [1.807, 2.05) is 49.5 Å². The maximum Gasteiger partial charge on any atom is 0.224 e. The second-order valence-corrected chi connectivity index (χ2v) is 9.45. The lowest BCUT2D eigenvalue weighted by Crippen LogP contribution is -2.30. The van der Waals surface area contributed by atoms with E-state index in [0.29, 0.717) is 29.0 Å². The minimum absolute atomic E-state index is 0.0584. The Hall–Kier alpha value is -3.39. The Bertz CT molecular complexity index is 1210. The van der Waals surface area contributed by atoms with Crippen LogP contribution in [-0.4, -0.2) is 27.7 Å². The number of hydrogen-bond donors (Lipinski definition) is 2. The van der Waals surface area contributed by atoms with Gasteiger partial charge >= 0.3 is 0 Å². The molecule has 1 amide bonds. The van der Waals surface area contributed by atoms with Crippen LogP contribution in [0.1, 0.15) is 68.5 Å². The Morgan fingerprint density at radius 3 is 2.74 bits per heavy atom. The number of pyridine rings is 1.